The van der Waals surface area contributed by atoms with Crippen molar-refractivity contribution in [1.82, 2.24) is 9.97 Å². The largest absolute Gasteiger partial charge is 0.462 e. The summed E-state index contributed by atoms with van der Waals surface area (Å²) < 4.78 is 48.7. The van der Waals surface area contributed by atoms with Gasteiger partial charge in [-0.2, -0.15) is 18.4 Å². The molecule has 3 rings (SSSR count). The zero-order valence-corrected chi connectivity index (χ0v) is 17.4. The van der Waals surface area contributed by atoms with E-state index in [0.29, 0.717) is 5.56 Å². The van der Waals surface area contributed by atoms with Crippen molar-refractivity contribution < 1.29 is 26.5 Å². The first kappa shape index (κ1) is 21.4. The third-order valence-electron chi connectivity index (χ3n) is 4.16. The molecule has 156 valence electrons. The van der Waals surface area contributed by atoms with Crippen LogP contribution in [0.25, 0.3) is 11.3 Å². The Kier molecular flexibility index (Phi) is 6.12. The van der Waals surface area contributed by atoms with Crippen molar-refractivity contribution >= 4 is 16.1 Å². The molecule has 2 aromatic carbocycles. The van der Waals surface area contributed by atoms with Gasteiger partial charge in [0.2, 0.25) is 0 Å². The first-order valence-corrected chi connectivity index (χ1v) is 10.4. The molecule has 0 unspecified atom stereocenters. The molecule has 1 aromatic heterocycles. The van der Waals surface area contributed by atoms with Crippen LogP contribution in [0.2, 0.25) is 0 Å². The van der Waals surface area contributed by atoms with Crippen LogP contribution >= 0.6 is 0 Å². The van der Waals surface area contributed by atoms with Gasteiger partial charge in [-0.1, -0.05) is 17.7 Å². The maximum absolute atomic E-state index is 13.4. The first-order chi connectivity index (χ1) is 14.2. The third kappa shape index (κ3) is 4.62. The lowest BCUT2D eigenvalue weighted by molar-refractivity contribution is 0.0525. The van der Waals surface area contributed by atoms with Crippen LogP contribution in [-0.4, -0.2) is 31.0 Å². The van der Waals surface area contributed by atoms with Gasteiger partial charge in [-0.3, -0.25) is 0 Å². The molecule has 0 aliphatic rings. The van der Waals surface area contributed by atoms with Crippen LogP contribution < -0.4 is 4.18 Å². The van der Waals surface area contributed by atoms with Gasteiger partial charge in [0.15, 0.2) is 0 Å². The molecule has 1 heterocycles. The van der Waals surface area contributed by atoms with E-state index in [2.05, 4.69) is 9.97 Å². The van der Waals surface area contributed by atoms with E-state index >= 15 is 0 Å². The molecule has 0 N–H and O–H groups in total. The number of carbonyl (C=O) groups excluding carboxylic acids is 1. The quantitative estimate of drug-likeness (QED) is 0.433. The van der Waals surface area contributed by atoms with Gasteiger partial charge in [-0.05, 0) is 57.2 Å². The van der Waals surface area contributed by atoms with E-state index in [1.165, 1.54) is 43.3 Å². The molecular weight excluding hydrogens is 411 g/mol. The van der Waals surface area contributed by atoms with Crippen LogP contribution in [0.4, 0.5) is 4.39 Å². The molecular formula is C21H19FN2O5S. The van der Waals surface area contributed by atoms with E-state index < -0.39 is 27.9 Å². The van der Waals surface area contributed by atoms with E-state index in [4.69, 9.17) is 8.92 Å². The van der Waals surface area contributed by atoms with Gasteiger partial charge in [0.05, 0.1) is 18.0 Å². The summed E-state index contributed by atoms with van der Waals surface area (Å²) in [4.78, 5) is 20.5. The van der Waals surface area contributed by atoms with E-state index in [-0.39, 0.29) is 28.5 Å². The third-order valence-corrected chi connectivity index (χ3v) is 5.38. The fraction of sp³-hybridized carbons (Fsp3) is 0.190. The minimum atomic E-state index is -4.20. The number of ether oxygens (including phenoxy) is 1. The summed E-state index contributed by atoms with van der Waals surface area (Å²) in [5.41, 5.74) is 1.55. The minimum Gasteiger partial charge on any atom is -0.462 e. The minimum absolute atomic E-state index is 0.0449. The molecule has 0 radical (unpaired) electrons. The fourth-order valence-corrected chi connectivity index (χ4v) is 3.54. The zero-order valence-electron chi connectivity index (χ0n) is 16.5. The summed E-state index contributed by atoms with van der Waals surface area (Å²) in [5, 5.41) is 0. The van der Waals surface area contributed by atoms with E-state index in [0.717, 1.165) is 5.56 Å². The lowest BCUT2D eigenvalue weighted by Gasteiger charge is -2.13. The van der Waals surface area contributed by atoms with Gasteiger partial charge in [0.25, 0.3) is 0 Å². The molecule has 0 bridgehead atoms. The number of carbonyl (C=O) groups is 1. The SMILES string of the molecule is CCOC(=O)c1c(C)nc(OS(=O)(=O)c2ccc(C)cc2)nc1-c1ccc(F)cc1. The smallest absolute Gasteiger partial charge is 0.342 e. The second kappa shape index (κ2) is 8.58. The molecule has 9 heteroatoms. The van der Waals surface area contributed by atoms with Crippen molar-refractivity contribution in [1.29, 1.82) is 0 Å². The Hall–Kier alpha value is -3.33. The van der Waals surface area contributed by atoms with Crippen LogP contribution in [0.15, 0.2) is 53.4 Å². The second-order valence-electron chi connectivity index (χ2n) is 6.39. The molecule has 0 saturated carbocycles. The summed E-state index contributed by atoms with van der Waals surface area (Å²) in [6, 6.07) is 10.9. The molecule has 3 aromatic rings. The highest BCUT2D eigenvalue weighted by atomic mass is 32.2. The Morgan fingerprint density at radius 3 is 2.23 bits per heavy atom. The van der Waals surface area contributed by atoms with Crippen LogP contribution in [0.3, 0.4) is 0 Å². The Morgan fingerprint density at radius 2 is 1.63 bits per heavy atom. The molecule has 0 aliphatic heterocycles. The number of hydrogen-bond donors (Lipinski definition) is 0. The number of halogens is 1. The normalized spacial score (nSPS) is 11.2. The van der Waals surface area contributed by atoms with Crippen molar-refractivity contribution in [3.63, 3.8) is 0 Å². The van der Waals surface area contributed by atoms with Crippen molar-refractivity contribution in [3.8, 4) is 17.3 Å². The molecule has 0 spiro atoms. The molecule has 0 aliphatic carbocycles. The van der Waals surface area contributed by atoms with Gasteiger partial charge >= 0.3 is 22.1 Å². The number of aryl methyl sites for hydroxylation is 2. The number of aromatic nitrogens is 2. The molecule has 0 amide bonds. The van der Waals surface area contributed by atoms with Crippen molar-refractivity contribution in [2.24, 2.45) is 0 Å². The second-order valence-corrected chi connectivity index (χ2v) is 7.94. The zero-order chi connectivity index (χ0) is 21.9. The Balaban J connectivity index is 2.09. The van der Waals surface area contributed by atoms with Crippen LogP contribution in [-0.2, 0) is 14.9 Å². The Morgan fingerprint density at radius 1 is 1.00 bits per heavy atom. The monoisotopic (exact) mass is 430 g/mol. The van der Waals surface area contributed by atoms with Crippen molar-refractivity contribution in [2.45, 2.75) is 25.7 Å². The molecule has 0 atom stereocenters. The van der Waals surface area contributed by atoms with Gasteiger partial charge in [0, 0.05) is 5.56 Å². The summed E-state index contributed by atoms with van der Waals surface area (Å²) in [6.07, 6.45) is 0. The summed E-state index contributed by atoms with van der Waals surface area (Å²) in [5.74, 6) is -1.15. The highest BCUT2D eigenvalue weighted by molar-refractivity contribution is 7.87. The standard InChI is InChI=1S/C21H19FN2O5S/c1-4-28-20(25)18-14(3)23-21(24-19(18)15-7-9-16(22)10-8-15)29-30(26,27)17-11-5-13(2)6-12-17/h5-12H,4H2,1-3H3. The fourth-order valence-electron chi connectivity index (χ4n) is 2.70. The Labute approximate surface area is 173 Å². The number of nitrogens with zero attached hydrogens (tertiary/aromatic N) is 2. The maximum atomic E-state index is 13.4. The number of esters is 1. The van der Waals surface area contributed by atoms with Gasteiger partial charge in [0.1, 0.15) is 16.3 Å². The number of rotatable bonds is 6. The molecule has 0 fully saturated rings. The highest BCUT2D eigenvalue weighted by Gasteiger charge is 2.25. The van der Waals surface area contributed by atoms with E-state index in [1.807, 2.05) is 6.92 Å². The summed E-state index contributed by atoms with van der Waals surface area (Å²) in [7, 11) is -4.20. The first-order valence-electron chi connectivity index (χ1n) is 9.04. The molecule has 30 heavy (non-hydrogen) atoms. The lowest BCUT2D eigenvalue weighted by Crippen LogP contribution is -2.16. The number of benzene rings is 2. The van der Waals surface area contributed by atoms with E-state index in [9.17, 15) is 17.6 Å². The van der Waals surface area contributed by atoms with Gasteiger partial charge < -0.3 is 8.92 Å². The average Bonchev–Trinajstić information content (AvgIpc) is 2.68. The van der Waals surface area contributed by atoms with Crippen LogP contribution in [0.5, 0.6) is 6.01 Å². The van der Waals surface area contributed by atoms with Gasteiger partial charge in [-0.25, -0.2) is 9.18 Å². The highest BCUT2D eigenvalue weighted by Crippen LogP contribution is 2.28. The predicted octanol–water partition coefficient (Wildman–Crippen LogP) is 3.84. The van der Waals surface area contributed by atoms with Crippen molar-refractivity contribution in [3.05, 3.63) is 71.2 Å². The predicted molar refractivity (Wildman–Crippen MR) is 107 cm³/mol. The van der Waals surface area contributed by atoms with Crippen LogP contribution in [0.1, 0.15) is 28.5 Å². The molecule has 0 saturated heterocycles. The topological polar surface area (TPSA) is 95.5 Å². The van der Waals surface area contributed by atoms with Gasteiger partial charge in [-0.15, -0.1) is 0 Å². The van der Waals surface area contributed by atoms with Crippen molar-refractivity contribution in [2.75, 3.05) is 6.61 Å². The molecule has 7 nitrogen and oxygen atoms in total. The summed E-state index contributed by atoms with van der Waals surface area (Å²) >= 11 is 0. The summed E-state index contributed by atoms with van der Waals surface area (Å²) in [6.45, 7) is 5.11. The maximum Gasteiger partial charge on any atom is 0.342 e. The lowest BCUT2D eigenvalue weighted by atomic mass is 10.0. The number of hydrogen-bond acceptors (Lipinski definition) is 7. The Bertz CT molecular complexity index is 1180. The van der Waals surface area contributed by atoms with E-state index in [1.54, 1.807) is 19.1 Å². The average molecular weight is 430 g/mol. The van der Waals surface area contributed by atoms with Crippen LogP contribution in [0, 0.1) is 19.7 Å².